The number of likely N-dealkylation sites (tertiary alicyclic amines) is 1. The summed E-state index contributed by atoms with van der Waals surface area (Å²) in [5.41, 5.74) is 5.69. The van der Waals surface area contributed by atoms with E-state index < -0.39 is 0 Å². The SMILES string of the molecule is O=C1Nc2ccccc2/C1=C1\OCc2cc(CN3CCCC(O)C3)ccc21. The average Bonchev–Trinajstić information content (AvgIpc) is 3.21. The second kappa shape index (κ2) is 6.51. The Morgan fingerprint density at radius 1 is 1.19 bits per heavy atom. The number of nitrogens with one attached hydrogen (secondary N) is 1. The van der Waals surface area contributed by atoms with Crippen molar-refractivity contribution >= 4 is 22.9 Å². The molecule has 1 unspecified atom stereocenters. The zero-order valence-corrected chi connectivity index (χ0v) is 15.1. The van der Waals surface area contributed by atoms with Crippen molar-refractivity contribution in [1.29, 1.82) is 0 Å². The predicted octanol–water partition coefficient (Wildman–Crippen LogP) is 2.99. The molecule has 2 N–H and O–H groups in total. The van der Waals surface area contributed by atoms with Gasteiger partial charge in [-0.2, -0.15) is 0 Å². The van der Waals surface area contributed by atoms with Gasteiger partial charge in [0.15, 0.2) is 0 Å². The molecule has 0 bridgehead atoms. The van der Waals surface area contributed by atoms with E-state index in [2.05, 4.69) is 28.4 Å². The summed E-state index contributed by atoms with van der Waals surface area (Å²) in [5.74, 6) is 0.567. The summed E-state index contributed by atoms with van der Waals surface area (Å²) in [7, 11) is 0. The van der Waals surface area contributed by atoms with Crippen molar-refractivity contribution in [2.75, 3.05) is 18.4 Å². The van der Waals surface area contributed by atoms with E-state index in [9.17, 15) is 9.90 Å². The number of para-hydroxylation sites is 1. The number of ether oxygens (including phenoxy) is 1. The second-order valence-corrected chi connectivity index (χ2v) is 7.52. The third-order valence-electron chi connectivity index (χ3n) is 5.57. The van der Waals surface area contributed by atoms with Crippen LogP contribution in [0.2, 0.25) is 0 Å². The molecule has 1 fully saturated rings. The summed E-state index contributed by atoms with van der Waals surface area (Å²) in [6.45, 7) is 3.08. The van der Waals surface area contributed by atoms with Gasteiger partial charge in [-0.1, -0.05) is 36.4 Å². The van der Waals surface area contributed by atoms with Gasteiger partial charge in [0.1, 0.15) is 12.4 Å². The van der Waals surface area contributed by atoms with Crippen LogP contribution in [0.4, 0.5) is 5.69 Å². The Morgan fingerprint density at radius 2 is 2.07 bits per heavy atom. The van der Waals surface area contributed by atoms with Gasteiger partial charge >= 0.3 is 0 Å². The van der Waals surface area contributed by atoms with Gasteiger partial charge in [-0.3, -0.25) is 9.69 Å². The van der Waals surface area contributed by atoms with Crippen LogP contribution in [0.15, 0.2) is 42.5 Å². The average molecular weight is 362 g/mol. The van der Waals surface area contributed by atoms with Gasteiger partial charge in [0, 0.05) is 35.5 Å². The molecule has 1 saturated heterocycles. The molecule has 0 spiro atoms. The van der Waals surface area contributed by atoms with E-state index in [4.69, 9.17) is 4.74 Å². The first kappa shape index (κ1) is 16.5. The fourth-order valence-electron chi connectivity index (χ4n) is 4.30. The largest absolute Gasteiger partial charge is 0.487 e. The first-order chi connectivity index (χ1) is 13.2. The van der Waals surface area contributed by atoms with Crippen LogP contribution in [0.5, 0.6) is 0 Å². The summed E-state index contributed by atoms with van der Waals surface area (Å²) in [5, 5.41) is 12.8. The standard InChI is InChI=1S/C22H22N2O3/c25-16-4-3-9-24(12-16)11-14-7-8-17-15(10-14)13-27-21(17)20-18-5-1-2-6-19(18)23-22(20)26/h1-2,5-8,10,16,25H,3-4,9,11-13H2,(H,23,26)/b21-20+. The van der Waals surface area contributed by atoms with E-state index in [0.29, 0.717) is 17.9 Å². The zero-order chi connectivity index (χ0) is 18.4. The number of carbonyl (C=O) groups is 1. The number of anilines is 1. The van der Waals surface area contributed by atoms with Crippen molar-refractivity contribution in [3.05, 3.63) is 64.7 Å². The van der Waals surface area contributed by atoms with E-state index in [1.807, 2.05) is 24.3 Å². The van der Waals surface area contributed by atoms with Crippen LogP contribution >= 0.6 is 0 Å². The van der Waals surface area contributed by atoms with E-state index in [1.165, 1.54) is 5.56 Å². The lowest BCUT2D eigenvalue weighted by atomic mass is 9.98. The van der Waals surface area contributed by atoms with Gasteiger partial charge in [-0.05, 0) is 31.0 Å². The monoisotopic (exact) mass is 362 g/mol. The summed E-state index contributed by atoms with van der Waals surface area (Å²) >= 11 is 0. The Labute approximate surface area is 158 Å². The maximum atomic E-state index is 12.5. The highest BCUT2D eigenvalue weighted by atomic mass is 16.5. The number of nitrogens with zero attached hydrogens (tertiary/aromatic N) is 1. The number of aliphatic hydroxyl groups excluding tert-OH is 1. The lowest BCUT2D eigenvalue weighted by Crippen LogP contribution is -2.37. The summed E-state index contributed by atoms with van der Waals surface area (Å²) in [6.07, 6.45) is 1.73. The number of rotatable bonds is 2. The highest BCUT2D eigenvalue weighted by molar-refractivity contribution is 6.36. The molecule has 5 nitrogen and oxygen atoms in total. The molecule has 0 aliphatic carbocycles. The van der Waals surface area contributed by atoms with Crippen LogP contribution in [0.3, 0.4) is 0 Å². The minimum Gasteiger partial charge on any atom is -0.487 e. The molecule has 2 aromatic rings. The van der Waals surface area contributed by atoms with Crippen molar-refractivity contribution < 1.29 is 14.6 Å². The normalized spacial score (nSPS) is 24.3. The number of aliphatic hydroxyl groups is 1. The Balaban J connectivity index is 1.46. The summed E-state index contributed by atoms with van der Waals surface area (Å²) in [4.78, 5) is 14.8. The lowest BCUT2D eigenvalue weighted by Gasteiger charge is -2.30. The molecule has 0 saturated carbocycles. The number of carbonyl (C=O) groups excluding carboxylic acids is 1. The van der Waals surface area contributed by atoms with E-state index in [0.717, 1.165) is 54.9 Å². The first-order valence-corrected chi connectivity index (χ1v) is 9.49. The van der Waals surface area contributed by atoms with Crippen LogP contribution < -0.4 is 5.32 Å². The third-order valence-corrected chi connectivity index (χ3v) is 5.57. The Kier molecular flexibility index (Phi) is 3.99. The molecule has 2 aromatic carbocycles. The van der Waals surface area contributed by atoms with Gasteiger partial charge < -0.3 is 15.2 Å². The quantitative estimate of drug-likeness (QED) is 0.807. The van der Waals surface area contributed by atoms with E-state index in [-0.39, 0.29) is 12.0 Å². The predicted molar refractivity (Wildman–Crippen MR) is 104 cm³/mol. The van der Waals surface area contributed by atoms with E-state index in [1.54, 1.807) is 0 Å². The van der Waals surface area contributed by atoms with Gasteiger partial charge in [0.05, 0.1) is 11.7 Å². The molecule has 3 aliphatic rings. The summed E-state index contributed by atoms with van der Waals surface area (Å²) < 4.78 is 5.96. The fourth-order valence-corrected chi connectivity index (χ4v) is 4.30. The fraction of sp³-hybridized carbons (Fsp3) is 0.318. The van der Waals surface area contributed by atoms with Gasteiger partial charge in [0.2, 0.25) is 0 Å². The minimum atomic E-state index is -0.214. The molecule has 0 radical (unpaired) electrons. The van der Waals surface area contributed by atoms with Crippen molar-refractivity contribution in [2.24, 2.45) is 0 Å². The molecular weight excluding hydrogens is 340 g/mol. The van der Waals surface area contributed by atoms with Crippen LogP contribution in [-0.4, -0.2) is 35.1 Å². The molecular formula is C22H22N2O3. The lowest BCUT2D eigenvalue weighted by molar-refractivity contribution is -0.110. The molecule has 1 atom stereocenters. The van der Waals surface area contributed by atoms with Crippen molar-refractivity contribution in [2.45, 2.75) is 32.1 Å². The zero-order valence-electron chi connectivity index (χ0n) is 15.1. The van der Waals surface area contributed by atoms with Crippen LogP contribution in [0.1, 0.15) is 35.1 Å². The number of hydrogen-bond donors (Lipinski definition) is 2. The second-order valence-electron chi connectivity index (χ2n) is 7.52. The molecule has 5 heteroatoms. The van der Waals surface area contributed by atoms with Crippen LogP contribution in [0.25, 0.3) is 11.3 Å². The highest BCUT2D eigenvalue weighted by Crippen LogP contribution is 2.41. The Hall–Kier alpha value is -2.63. The first-order valence-electron chi connectivity index (χ1n) is 9.49. The summed E-state index contributed by atoms with van der Waals surface area (Å²) in [6, 6.07) is 14.1. The number of β-amino-alcohol motifs (C(OH)–C–C–N with tert-alkyl or cyclic N) is 1. The molecule has 5 rings (SSSR count). The van der Waals surface area contributed by atoms with E-state index >= 15 is 0 Å². The molecule has 0 aromatic heterocycles. The Bertz CT molecular complexity index is 950. The Morgan fingerprint density at radius 3 is 2.96 bits per heavy atom. The number of hydrogen-bond acceptors (Lipinski definition) is 4. The molecule has 27 heavy (non-hydrogen) atoms. The molecule has 3 aliphatic heterocycles. The van der Waals surface area contributed by atoms with Crippen molar-refractivity contribution in [3.8, 4) is 0 Å². The van der Waals surface area contributed by atoms with Crippen LogP contribution in [0, 0.1) is 0 Å². The van der Waals surface area contributed by atoms with Gasteiger partial charge in [-0.15, -0.1) is 0 Å². The van der Waals surface area contributed by atoms with Crippen molar-refractivity contribution in [1.82, 2.24) is 4.90 Å². The topological polar surface area (TPSA) is 61.8 Å². The molecule has 3 heterocycles. The number of amides is 1. The smallest absolute Gasteiger partial charge is 0.260 e. The highest BCUT2D eigenvalue weighted by Gasteiger charge is 2.32. The number of benzene rings is 2. The minimum absolute atomic E-state index is 0.106. The maximum absolute atomic E-state index is 12.5. The molecule has 138 valence electrons. The third kappa shape index (κ3) is 2.93. The molecule has 1 amide bonds. The van der Waals surface area contributed by atoms with Gasteiger partial charge in [0.25, 0.3) is 5.91 Å². The van der Waals surface area contributed by atoms with Gasteiger partial charge in [-0.25, -0.2) is 0 Å². The van der Waals surface area contributed by atoms with Crippen LogP contribution in [-0.2, 0) is 22.7 Å². The van der Waals surface area contributed by atoms with Crippen molar-refractivity contribution in [3.63, 3.8) is 0 Å². The maximum Gasteiger partial charge on any atom is 0.260 e. The number of piperidine rings is 1. The number of fused-ring (bicyclic) bond motifs is 2.